The first-order valence-electron chi connectivity index (χ1n) is 4.65. The lowest BCUT2D eigenvalue weighted by Crippen LogP contribution is -2.03. The van der Waals surface area contributed by atoms with Gasteiger partial charge in [0.2, 0.25) is 0 Å². The van der Waals surface area contributed by atoms with E-state index in [0.717, 1.165) is 16.9 Å². The number of imidazole rings is 1. The standard InChI is InChI=1S/C10H12N4O/c15-6-8-1-2-11-5-10(8)13-4-9-3-12-7-14-9/h1-3,5,7,13,15H,4,6H2,(H,12,14). The molecule has 0 atom stereocenters. The largest absolute Gasteiger partial charge is 0.392 e. The predicted octanol–water partition coefficient (Wildman–Crippen LogP) is 0.909. The Morgan fingerprint density at radius 2 is 2.27 bits per heavy atom. The van der Waals surface area contributed by atoms with Gasteiger partial charge in [0, 0.05) is 18.0 Å². The van der Waals surface area contributed by atoms with Crippen molar-refractivity contribution < 1.29 is 5.11 Å². The fraction of sp³-hybridized carbons (Fsp3) is 0.200. The number of aromatic amines is 1. The molecule has 2 heterocycles. The zero-order chi connectivity index (χ0) is 10.5. The van der Waals surface area contributed by atoms with Crippen LogP contribution in [0.4, 0.5) is 5.69 Å². The first-order chi connectivity index (χ1) is 7.40. The van der Waals surface area contributed by atoms with Crippen LogP contribution in [0.5, 0.6) is 0 Å². The van der Waals surface area contributed by atoms with Crippen LogP contribution in [0.15, 0.2) is 31.0 Å². The lowest BCUT2D eigenvalue weighted by molar-refractivity contribution is 0.282. The molecule has 78 valence electrons. The Hall–Kier alpha value is -1.88. The van der Waals surface area contributed by atoms with Gasteiger partial charge in [-0.25, -0.2) is 4.98 Å². The minimum absolute atomic E-state index is 0.00777. The lowest BCUT2D eigenvalue weighted by Gasteiger charge is -2.08. The number of pyridine rings is 1. The van der Waals surface area contributed by atoms with E-state index in [9.17, 15) is 0 Å². The van der Waals surface area contributed by atoms with Crippen LogP contribution in [0, 0.1) is 0 Å². The van der Waals surface area contributed by atoms with Gasteiger partial charge in [0.25, 0.3) is 0 Å². The van der Waals surface area contributed by atoms with Crippen molar-refractivity contribution >= 4 is 5.69 Å². The molecule has 2 aromatic heterocycles. The Morgan fingerprint density at radius 1 is 1.33 bits per heavy atom. The normalized spacial score (nSPS) is 10.2. The van der Waals surface area contributed by atoms with Crippen molar-refractivity contribution in [3.63, 3.8) is 0 Å². The maximum Gasteiger partial charge on any atom is 0.0922 e. The molecule has 2 rings (SSSR count). The van der Waals surface area contributed by atoms with Crippen molar-refractivity contribution in [3.05, 3.63) is 42.2 Å². The van der Waals surface area contributed by atoms with E-state index in [4.69, 9.17) is 5.11 Å². The number of aliphatic hydroxyl groups is 1. The highest BCUT2D eigenvalue weighted by Crippen LogP contribution is 2.13. The molecular weight excluding hydrogens is 192 g/mol. The summed E-state index contributed by atoms with van der Waals surface area (Å²) in [4.78, 5) is 10.9. The zero-order valence-electron chi connectivity index (χ0n) is 8.14. The molecule has 0 saturated carbocycles. The van der Waals surface area contributed by atoms with E-state index in [1.54, 1.807) is 31.0 Å². The van der Waals surface area contributed by atoms with Gasteiger partial charge in [-0.05, 0) is 6.07 Å². The van der Waals surface area contributed by atoms with Gasteiger partial charge in [-0.15, -0.1) is 0 Å². The smallest absolute Gasteiger partial charge is 0.0922 e. The summed E-state index contributed by atoms with van der Waals surface area (Å²) >= 11 is 0. The van der Waals surface area contributed by atoms with Crippen molar-refractivity contribution in [1.29, 1.82) is 0 Å². The van der Waals surface area contributed by atoms with Crippen molar-refractivity contribution in [3.8, 4) is 0 Å². The van der Waals surface area contributed by atoms with E-state index in [0.29, 0.717) is 6.54 Å². The predicted molar refractivity (Wildman–Crippen MR) is 56.1 cm³/mol. The van der Waals surface area contributed by atoms with Crippen LogP contribution in [-0.2, 0) is 13.2 Å². The van der Waals surface area contributed by atoms with Crippen LogP contribution >= 0.6 is 0 Å². The molecule has 0 saturated heterocycles. The summed E-state index contributed by atoms with van der Waals surface area (Å²) in [5, 5.41) is 12.3. The van der Waals surface area contributed by atoms with Crippen LogP contribution in [-0.4, -0.2) is 20.1 Å². The average Bonchev–Trinajstić information content (AvgIpc) is 2.79. The summed E-state index contributed by atoms with van der Waals surface area (Å²) in [5.41, 5.74) is 2.67. The molecule has 0 aliphatic carbocycles. The van der Waals surface area contributed by atoms with Crippen LogP contribution in [0.2, 0.25) is 0 Å². The average molecular weight is 204 g/mol. The van der Waals surface area contributed by atoms with Gasteiger partial charge < -0.3 is 15.4 Å². The molecule has 0 fully saturated rings. The monoisotopic (exact) mass is 204 g/mol. The van der Waals surface area contributed by atoms with E-state index < -0.39 is 0 Å². The Balaban J connectivity index is 2.04. The number of nitrogens with one attached hydrogen (secondary N) is 2. The number of rotatable bonds is 4. The Labute approximate surface area is 87.2 Å². The highest BCUT2D eigenvalue weighted by molar-refractivity contribution is 5.48. The number of nitrogens with zero attached hydrogens (tertiary/aromatic N) is 2. The van der Waals surface area contributed by atoms with Crippen LogP contribution < -0.4 is 5.32 Å². The molecule has 0 aliphatic heterocycles. The third-order valence-corrected chi connectivity index (χ3v) is 2.11. The van der Waals surface area contributed by atoms with Crippen LogP contribution in [0.1, 0.15) is 11.3 Å². The molecule has 0 bridgehead atoms. The van der Waals surface area contributed by atoms with E-state index in [1.165, 1.54) is 0 Å². The highest BCUT2D eigenvalue weighted by atomic mass is 16.3. The second-order valence-corrected chi connectivity index (χ2v) is 3.12. The second kappa shape index (κ2) is 4.56. The molecule has 0 unspecified atom stereocenters. The summed E-state index contributed by atoms with van der Waals surface area (Å²) in [5.74, 6) is 0. The van der Waals surface area contributed by atoms with E-state index in [2.05, 4.69) is 20.3 Å². The van der Waals surface area contributed by atoms with Gasteiger partial charge in [-0.2, -0.15) is 0 Å². The van der Waals surface area contributed by atoms with Gasteiger partial charge in [-0.1, -0.05) is 0 Å². The Morgan fingerprint density at radius 3 is 3.00 bits per heavy atom. The third-order valence-electron chi connectivity index (χ3n) is 2.11. The third kappa shape index (κ3) is 2.32. The number of aromatic nitrogens is 3. The molecule has 3 N–H and O–H groups in total. The molecule has 0 amide bonds. The van der Waals surface area contributed by atoms with E-state index >= 15 is 0 Å². The first-order valence-corrected chi connectivity index (χ1v) is 4.65. The van der Waals surface area contributed by atoms with Crippen LogP contribution in [0.3, 0.4) is 0 Å². The molecule has 5 heteroatoms. The summed E-state index contributed by atoms with van der Waals surface area (Å²) in [7, 11) is 0. The molecule has 0 aliphatic rings. The minimum atomic E-state index is 0.00777. The number of hydrogen-bond donors (Lipinski definition) is 3. The molecule has 0 spiro atoms. The maximum atomic E-state index is 9.09. The number of hydrogen-bond acceptors (Lipinski definition) is 4. The van der Waals surface area contributed by atoms with E-state index in [-0.39, 0.29) is 6.61 Å². The zero-order valence-corrected chi connectivity index (χ0v) is 8.14. The number of H-pyrrole nitrogens is 1. The summed E-state index contributed by atoms with van der Waals surface area (Å²) in [6.45, 7) is 0.645. The SMILES string of the molecule is OCc1ccncc1NCc1cnc[nH]1. The lowest BCUT2D eigenvalue weighted by atomic mass is 10.2. The second-order valence-electron chi connectivity index (χ2n) is 3.12. The highest BCUT2D eigenvalue weighted by Gasteiger charge is 2.00. The molecule has 0 radical (unpaired) electrons. The minimum Gasteiger partial charge on any atom is -0.392 e. The quantitative estimate of drug-likeness (QED) is 0.692. The van der Waals surface area contributed by atoms with Crippen molar-refractivity contribution in [2.24, 2.45) is 0 Å². The Kier molecular flexibility index (Phi) is 2.94. The van der Waals surface area contributed by atoms with E-state index in [1.807, 2.05) is 0 Å². The molecule has 2 aromatic rings. The molecule has 15 heavy (non-hydrogen) atoms. The van der Waals surface area contributed by atoms with Gasteiger partial charge >= 0.3 is 0 Å². The summed E-state index contributed by atoms with van der Waals surface area (Å²) < 4.78 is 0. The topological polar surface area (TPSA) is 73.8 Å². The van der Waals surface area contributed by atoms with Gasteiger partial charge in [0.1, 0.15) is 0 Å². The molecule has 0 aromatic carbocycles. The summed E-state index contributed by atoms with van der Waals surface area (Å²) in [6.07, 6.45) is 6.74. The summed E-state index contributed by atoms with van der Waals surface area (Å²) in [6, 6.07) is 1.79. The molecule has 5 nitrogen and oxygen atoms in total. The number of anilines is 1. The van der Waals surface area contributed by atoms with Crippen molar-refractivity contribution in [2.45, 2.75) is 13.2 Å². The molecular formula is C10H12N4O. The maximum absolute atomic E-state index is 9.09. The Bertz CT molecular complexity index is 413. The van der Waals surface area contributed by atoms with Gasteiger partial charge in [0.15, 0.2) is 0 Å². The first kappa shape index (κ1) is 9.67. The van der Waals surface area contributed by atoms with Gasteiger partial charge in [-0.3, -0.25) is 4.98 Å². The number of aliphatic hydroxyl groups excluding tert-OH is 1. The van der Waals surface area contributed by atoms with Crippen molar-refractivity contribution in [2.75, 3.05) is 5.32 Å². The van der Waals surface area contributed by atoms with Crippen molar-refractivity contribution in [1.82, 2.24) is 15.0 Å². The fourth-order valence-electron chi connectivity index (χ4n) is 1.29. The van der Waals surface area contributed by atoms with Crippen LogP contribution in [0.25, 0.3) is 0 Å². The van der Waals surface area contributed by atoms with Gasteiger partial charge in [0.05, 0.1) is 37.1 Å². The fourth-order valence-corrected chi connectivity index (χ4v) is 1.29.